The number of rotatable bonds is 9. The zero-order valence-corrected chi connectivity index (χ0v) is 22.6. The van der Waals surface area contributed by atoms with Gasteiger partial charge in [0.1, 0.15) is 17.3 Å². The van der Waals surface area contributed by atoms with Gasteiger partial charge < -0.3 is 15.1 Å². The number of alkyl halides is 3. The van der Waals surface area contributed by atoms with Crippen molar-refractivity contribution in [2.45, 2.75) is 38.4 Å². The van der Waals surface area contributed by atoms with E-state index in [1.54, 1.807) is 6.92 Å². The fraction of sp³-hybridized carbons (Fsp3) is 0.520. The second kappa shape index (κ2) is 11.9. The van der Waals surface area contributed by atoms with E-state index in [1.807, 2.05) is 19.0 Å². The average Bonchev–Trinajstić information content (AvgIpc) is 2.82. The summed E-state index contributed by atoms with van der Waals surface area (Å²) in [5.41, 5.74) is -0.473. The molecule has 0 bridgehead atoms. The zero-order chi connectivity index (χ0) is 28.3. The minimum Gasteiger partial charge on any atom is -0.356 e. The number of hydrogen-bond acceptors (Lipinski definition) is 6. The Hall–Kier alpha value is -2.93. The number of amides is 1. The van der Waals surface area contributed by atoms with Crippen LogP contribution < -0.4 is 14.9 Å². The number of sulfonamides is 1. The first kappa shape index (κ1) is 29.6. The summed E-state index contributed by atoms with van der Waals surface area (Å²) in [7, 11) is 0.293. The molecule has 0 spiro atoms. The Kier molecular flexibility index (Phi) is 9.24. The van der Waals surface area contributed by atoms with Gasteiger partial charge in [-0.15, -0.1) is 0 Å². The molecule has 1 saturated heterocycles. The van der Waals surface area contributed by atoms with E-state index in [9.17, 15) is 30.8 Å². The van der Waals surface area contributed by atoms with Gasteiger partial charge in [-0.05, 0) is 63.5 Å². The SMILES string of the molecule is CC(C(=O)NCc1ccc(C(F)(F)F)nc1N1CCC(CN(C)C)CC1)c1ccc(NS(C)(=O)=O)c(F)c1. The first-order chi connectivity index (χ1) is 17.6. The molecule has 8 nitrogen and oxygen atoms in total. The molecule has 38 heavy (non-hydrogen) atoms. The van der Waals surface area contributed by atoms with E-state index in [4.69, 9.17) is 0 Å². The number of carbonyl (C=O) groups is 1. The second-order valence-corrected chi connectivity index (χ2v) is 11.7. The van der Waals surface area contributed by atoms with Crippen LogP contribution in [0, 0.1) is 11.7 Å². The Morgan fingerprint density at radius 2 is 1.84 bits per heavy atom. The van der Waals surface area contributed by atoms with Gasteiger partial charge in [0, 0.05) is 31.7 Å². The monoisotopic (exact) mass is 559 g/mol. The molecule has 2 aromatic rings. The number of halogens is 4. The van der Waals surface area contributed by atoms with Crippen LogP contribution in [-0.4, -0.2) is 64.2 Å². The van der Waals surface area contributed by atoms with Crippen molar-refractivity contribution in [1.29, 1.82) is 0 Å². The van der Waals surface area contributed by atoms with Gasteiger partial charge in [-0.2, -0.15) is 13.2 Å². The van der Waals surface area contributed by atoms with E-state index >= 15 is 0 Å². The molecule has 1 aliphatic heterocycles. The number of hydrogen-bond donors (Lipinski definition) is 2. The molecule has 1 aromatic carbocycles. The van der Waals surface area contributed by atoms with Gasteiger partial charge >= 0.3 is 6.18 Å². The molecule has 3 rings (SSSR count). The van der Waals surface area contributed by atoms with E-state index < -0.39 is 39.5 Å². The number of pyridine rings is 1. The number of nitrogens with zero attached hydrogens (tertiary/aromatic N) is 3. The largest absolute Gasteiger partial charge is 0.433 e. The quantitative estimate of drug-likeness (QED) is 0.454. The van der Waals surface area contributed by atoms with Crippen LogP contribution in [0.5, 0.6) is 0 Å². The van der Waals surface area contributed by atoms with E-state index in [2.05, 4.69) is 19.9 Å². The van der Waals surface area contributed by atoms with Crippen LogP contribution in [0.25, 0.3) is 0 Å². The van der Waals surface area contributed by atoms with Gasteiger partial charge in [-0.25, -0.2) is 17.8 Å². The number of aromatic nitrogens is 1. The van der Waals surface area contributed by atoms with Crippen molar-refractivity contribution in [1.82, 2.24) is 15.2 Å². The lowest BCUT2D eigenvalue weighted by atomic mass is 9.96. The number of benzene rings is 1. The van der Waals surface area contributed by atoms with E-state index in [1.165, 1.54) is 18.2 Å². The number of anilines is 2. The summed E-state index contributed by atoms with van der Waals surface area (Å²) in [6.45, 7) is 3.50. The lowest BCUT2D eigenvalue weighted by Crippen LogP contribution is -2.38. The molecule has 2 N–H and O–H groups in total. The highest BCUT2D eigenvalue weighted by atomic mass is 32.2. The van der Waals surface area contributed by atoms with Crippen molar-refractivity contribution < 1.29 is 30.8 Å². The normalized spacial score (nSPS) is 16.0. The number of nitrogens with one attached hydrogen (secondary N) is 2. The Morgan fingerprint density at radius 3 is 2.39 bits per heavy atom. The van der Waals surface area contributed by atoms with Gasteiger partial charge in [0.15, 0.2) is 0 Å². The number of piperidine rings is 1. The summed E-state index contributed by atoms with van der Waals surface area (Å²) < 4.78 is 79.4. The molecule has 0 aliphatic carbocycles. The third-order valence-electron chi connectivity index (χ3n) is 6.42. The van der Waals surface area contributed by atoms with E-state index in [0.717, 1.165) is 37.8 Å². The molecule has 2 heterocycles. The van der Waals surface area contributed by atoms with Gasteiger partial charge in [0.2, 0.25) is 15.9 Å². The highest BCUT2D eigenvalue weighted by molar-refractivity contribution is 7.92. The molecule has 0 saturated carbocycles. The molecule has 1 fully saturated rings. The van der Waals surface area contributed by atoms with E-state index in [-0.39, 0.29) is 18.1 Å². The van der Waals surface area contributed by atoms with Gasteiger partial charge in [-0.3, -0.25) is 9.52 Å². The molecule has 1 atom stereocenters. The van der Waals surface area contributed by atoms with Crippen molar-refractivity contribution in [2.75, 3.05) is 49.6 Å². The van der Waals surface area contributed by atoms with Crippen LogP contribution in [0.4, 0.5) is 29.1 Å². The number of carbonyl (C=O) groups excluding carboxylic acids is 1. The van der Waals surface area contributed by atoms with Crippen LogP contribution in [0.2, 0.25) is 0 Å². The predicted octanol–water partition coefficient (Wildman–Crippen LogP) is 3.81. The Balaban J connectivity index is 1.74. The van der Waals surface area contributed by atoms with Crippen LogP contribution in [0.3, 0.4) is 0 Å². The summed E-state index contributed by atoms with van der Waals surface area (Å²) >= 11 is 0. The lowest BCUT2D eigenvalue weighted by Gasteiger charge is -2.35. The molecule has 1 amide bonds. The summed E-state index contributed by atoms with van der Waals surface area (Å²) in [6.07, 6.45) is -2.08. The van der Waals surface area contributed by atoms with Crippen molar-refractivity contribution in [3.8, 4) is 0 Å². The van der Waals surface area contributed by atoms with Crippen LogP contribution in [0.1, 0.15) is 42.5 Å². The van der Waals surface area contributed by atoms with Crippen molar-refractivity contribution >= 4 is 27.4 Å². The first-order valence-corrected chi connectivity index (χ1v) is 14.0. The van der Waals surface area contributed by atoms with E-state index in [0.29, 0.717) is 30.1 Å². The second-order valence-electron chi connectivity index (χ2n) is 9.92. The molecular formula is C25H33F4N5O3S. The Morgan fingerprint density at radius 1 is 1.18 bits per heavy atom. The molecule has 13 heteroatoms. The minimum atomic E-state index is -4.60. The molecule has 1 aromatic heterocycles. The van der Waals surface area contributed by atoms with Crippen molar-refractivity contribution in [3.05, 3.63) is 53.0 Å². The van der Waals surface area contributed by atoms with Gasteiger partial charge in [0.05, 0.1) is 17.9 Å². The smallest absolute Gasteiger partial charge is 0.356 e. The maximum atomic E-state index is 14.4. The Bertz CT molecular complexity index is 1250. The molecule has 1 unspecified atom stereocenters. The highest BCUT2D eigenvalue weighted by Gasteiger charge is 2.34. The zero-order valence-electron chi connectivity index (χ0n) is 21.8. The van der Waals surface area contributed by atoms with Gasteiger partial charge in [-0.1, -0.05) is 12.1 Å². The minimum absolute atomic E-state index is 0.0581. The maximum absolute atomic E-state index is 14.4. The standard InChI is InChI=1S/C25H33F4N5O3S/c1-16(18-5-7-21(20(26)13-18)32-38(4,36)37)24(35)30-14-19-6-8-22(25(27,28)29)31-23(19)34-11-9-17(10-12-34)15-33(2)3/h5-8,13,16-17,32H,9-12,14-15H2,1-4H3,(H,30,35). The Labute approximate surface area is 220 Å². The lowest BCUT2D eigenvalue weighted by molar-refractivity contribution is -0.141. The van der Waals surface area contributed by atoms with Crippen molar-refractivity contribution in [2.24, 2.45) is 5.92 Å². The predicted molar refractivity (Wildman–Crippen MR) is 138 cm³/mol. The maximum Gasteiger partial charge on any atom is 0.433 e. The summed E-state index contributed by atoms with van der Waals surface area (Å²) in [5.74, 6) is -1.47. The molecular weight excluding hydrogens is 526 g/mol. The third-order valence-corrected chi connectivity index (χ3v) is 7.01. The first-order valence-electron chi connectivity index (χ1n) is 12.2. The fourth-order valence-electron chi connectivity index (χ4n) is 4.46. The van der Waals surface area contributed by atoms with Crippen LogP contribution in [0.15, 0.2) is 30.3 Å². The van der Waals surface area contributed by atoms with Crippen molar-refractivity contribution in [3.63, 3.8) is 0 Å². The van der Waals surface area contributed by atoms with Crippen LogP contribution in [-0.2, 0) is 27.5 Å². The average molecular weight is 560 g/mol. The van der Waals surface area contributed by atoms with Gasteiger partial charge in [0.25, 0.3) is 0 Å². The topological polar surface area (TPSA) is 94.6 Å². The van der Waals surface area contributed by atoms with Crippen LogP contribution >= 0.6 is 0 Å². The highest BCUT2D eigenvalue weighted by Crippen LogP contribution is 2.32. The summed E-state index contributed by atoms with van der Waals surface area (Å²) in [6, 6.07) is 5.96. The molecule has 0 radical (unpaired) electrons. The molecule has 1 aliphatic rings. The summed E-state index contributed by atoms with van der Waals surface area (Å²) in [4.78, 5) is 20.7. The third kappa shape index (κ3) is 8.03. The fourth-order valence-corrected chi connectivity index (χ4v) is 5.03. The molecule has 210 valence electrons. The summed E-state index contributed by atoms with van der Waals surface area (Å²) in [5, 5.41) is 2.71.